The summed E-state index contributed by atoms with van der Waals surface area (Å²) in [7, 11) is 0. The van der Waals surface area contributed by atoms with E-state index < -0.39 is 0 Å². The normalized spacial score (nSPS) is 18.5. The van der Waals surface area contributed by atoms with Crippen LogP contribution in [0.5, 0.6) is 0 Å². The second-order valence-electron chi connectivity index (χ2n) is 12.0. The lowest BCUT2D eigenvalue weighted by Crippen LogP contribution is -2.37. The molecule has 2 saturated carbocycles. The van der Waals surface area contributed by atoms with E-state index in [1.165, 1.54) is 54.3 Å². The molecule has 4 aromatic rings. The van der Waals surface area contributed by atoms with Gasteiger partial charge in [-0.3, -0.25) is 29.9 Å². The molecule has 8 rings (SSSR count). The fraction of sp³-hybridized carbons (Fsp3) is 0.469. The third-order valence-corrected chi connectivity index (χ3v) is 9.24. The number of hydrogen-bond donors (Lipinski definition) is 3. The summed E-state index contributed by atoms with van der Waals surface area (Å²) in [5.41, 5.74) is 7.26. The van der Waals surface area contributed by atoms with E-state index in [0.717, 1.165) is 86.5 Å². The van der Waals surface area contributed by atoms with Gasteiger partial charge >= 0.3 is 0 Å². The van der Waals surface area contributed by atoms with Gasteiger partial charge in [-0.05, 0) is 48.9 Å². The van der Waals surface area contributed by atoms with Crippen molar-refractivity contribution in [3.05, 3.63) is 79.1 Å². The number of Topliss-reactive ketones (excluding diaryl/α,β-unsaturated/α-hetero) is 1. The number of non-ortho nitro benzene ring substituents is 2. The van der Waals surface area contributed by atoms with Gasteiger partial charge in [-0.2, -0.15) is 0 Å². The number of nitrogens with zero attached hydrogens (tertiary/aromatic N) is 3. The molecule has 2 fully saturated rings. The number of H-pyrrole nitrogens is 2. The summed E-state index contributed by atoms with van der Waals surface area (Å²) in [5.74, 6) is 0.454. The average Bonchev–Trinajstić information content (AvgIpc) is 3.83. The first-order valence-corrected chi connectivity index (χ1v) is 15.4. The highest BCUT2D eigenvalue weighted by Gasteiger charge is 2.28. The number of aromatic amines is 2. The quantitative estimate of drug-likeness (QED) is 0.190. The first kappa shape index (κ1) is 29.0. The summed E-state index contributed by atoms with van der Waals surface area (Å²) in [6.07, 6.45) is 11.2. The first-order chi connectivity index (χ1) is 20.9. The Bertz CT molecular complexity index is 1660. The fourth-order valence-corrected chi connectivity index (χ4v) is 6.93. The highest BCUT2D eigenvalue weighted by Crippen LogP contribution is 2.34. The van der Waals surface area contributed by atoms with Crippen molar-refractivity contribution in [2.75, 3.05) is 13.1 Å². The second-order valence-corrected chi connectivity index (χ2v) is 12.0. The molecule has 43 heavy (non-hydrogen) atoms. The number of nitro benzene ring substituents is 2. The van der Waals surface area contributed by atoms with Crippen molar-refractivity contribution in [2.45, 2.75) is 83.3 Å². The Morgan fingerprint density at radius 1 is 0.744 bits per heavy atom. The molecule has 0 atom stereocenters. The van der Waals surface area contributed by atoms with E-state index in [1.54, 1.807) is 24.3 Å². The maximum absolute atomic E-state index is 11.0. The van der Waals surface area contributed by atoms with Gasteiger partial charge in [0.05, 0.1) is 9.85 Å². The van der Waals surface area contributed by atoms with Gasteiger partial charge < -0.3 is 15.3 Å². The van der Waals surface area contributed by atoms with Gasteiger partial charge in [0.2, 0.25) is 0 Å². The lowest BCUT2D eigenvalue weighted by atomic mass is 10.0. The van der Waals surface area contributed by atoms with Gasteiger partial charge in [0.1, 0.15) is 5.78 Å². The molecule has 2 aromatic heterocycles. The summed E-state index contributed by atoms with van der Waals surface area (Å²) < 4.78 is 0. The predicted octanol–water partition coefficient (Wildman–Crippen LogP) is 6.23. The molecule has 0 spiro atoms. The van der Waals surface area contributed by atoms with E-state index in [1.807, 2.05) is 6.07 Å². The number of fused-ring (bicyclic) bond motifs is 6. The molecule has 2 aliphatic heterocycles. The SMILES string of the molecule is O=C1CCCC1.O=[N+]([O-])c1ccc2[nH]c3c(c2c1)CN(C1CCCC1)CC3.O=[N+]([O-])c1ccc2[nH]c3c(c2c1)CNCC3. The van der Waals surface area contributed by atoms with Crippen molar-refractivity contribution in [3.8, 4) is 0 Å². The van der Waals surface area contributed by atoms with Crippen LogP contribution in [0.25, 0.3) is 21.8 Å². The molecule has 11 nitrogen and oxygen atoms in total. The van der Waals surface area contributed by atoms with Crippen LogP contribution in [0.4, 0.5) is 11.4 Å². The number of aromatic nitrogens is 2. The van der Waals surface area contributed by atoms with Crippen LogP contribution < -0.4 is 5.32 Å². The van der Waals surface area contributed by atoms with Crippen molar-refractivity contribution in [1.29, 1.82) is 0 Å². The van der Waals surface area contributed by atoms with Gasteiger partial charge in [-0.1, -0.05) is 12.8 Å². The fourth-order valence-electron chi connectivity index (χ4n) is 6.93. The number of carbonyl (C=O) groups excluding carboxylic acids is 1. The highest BCUT2D eigenvalue weighted by molar-refractivity contribution is 5.87. The Hall–Kier alpha value is -4.09. The van der Waals surface area contributed by atoms with Crippen molar-refractivity contribution >= 4 is 39.0 Å². The largest absolute Gasteiger partial charge is 0.358 e. The third kappa shape index (κ3) is 6.33. The molecule has 2 aromatic carbocycles. The molecule has 0 saturated heterocycles. The zero-order valence-electron chi connectivity index (χ0n) is 24.3. The third-order valence-electron chi connectivity index (χ3n) is 9.24. The minimum absolute atomic E-state index is 0.153. The van der Waals surface area contributed by atoms with Crippen molar-refractivity contribution in [3.63, 3.8) is 0 Å². The topological polar surface area (TPSA) is 150 Å². The van der Waals surface area contributed by atoms with Crippen LogP contribution in [0.1, 0.15) is 73.9 Å². The molecule has 0 unspecified atom stereocenters. The smallest absolute Gasteiger partial charge is 0.270 e. The molecule has 4 aliphatic rings. The molecule has 0 amide bonds. The number of carbonyl (C=O) groups is 1. The Labute approximate surface area is 249 Å². The van der Waals surface area contributed by atoms with Crippen molar-refractivity contribution < 1.29 is 14.6 Å². The van der Waals surface area contributed by atoms with Crippen molar-refractivity contribution in [1.82, 2.24) is 20.2 Å². The number of rotatable bonds is 3. The molecule has 4 heterocycles. The Kier molecular flexibility index (Phi) is 8.53. The van der Waals surface area contributed by atoms with Crippen LogP contribution in [0.15, 0.2) is 36.4 Å². The maximum atomic E-state index is 11.0. The number of ketones is 1. The molecule has 2 aliphatic carbocycles. The van der Waals surface area contributed by atoms with Gasteiger partial charge in [-0.25, -0.2) is 0 Å². The summed E-state index contributed by atoms with van der Waals surface area (Å²) in [5, 5.41) is 27.0. The van der Waals surface area contributed by atoms with Crippen molar-refractivity contribution in [2.24, 2.45) is 0 Å². The van der Waals surface area contributed by atoms with E-state index >= 15 is 0 Å². The van der Waals surface area contributed by atoms with Crippen LogP contribution >= 0.6 is 0 Å². The van der Waals surface area contributed by atoms with Crippen LogP contribution in [0.2, 0.25) is 0 Å². The van der Waals surface area contributed by atoms with Crippen LogP contribution in [0, 0.1) is 20.2 Å². The summed E-state index contributed by atoms with van der Waals surface area (Å²) in [6, 6.07) is 10.8. The van der Waals surface area contributed by atoms with E-state index in [4.69, 9.17) is 0 Å². The van der Waals surface area contributed by atoms with E-state index in [-0.39, 0.29) is 21.2 Å². The molecule has 3 N–H and O–H groups in total. The van der Waals surface area contributed by atoms with Crippen LogP contribution in [-0.2, 0) is 30.7 Å². The standard InChI is InChI=1S/C16H19N3O2.C11H11N3O2.C5H8O/c20-19(21)12-5-6-15-13(9-12)14-10-18(8-7-16(14)17-15)11-3-1-2-4-11;15-14(16)7-1-2-10-8(5-7)9-6-12-4-3-11(9)13-10;6-5-3-1-2-4-5/h5-6,9,11,17H,1-4,7-8,10H2;1-2,5,12-13H,3-4,6H2;1-4H2. The molecule has 0 bridgehead atoms. The molecule has 11 heteroatoms. The van der Waals surface area contributed by atoms with Gasteiger partial charge in [-0.15, -0.1) is 0 Å². The van der Waals surface area contributed by atoms with Gasteiger partial charge in [0, 0.05) is 115 Å². The predicted molar refractivity (Wildman–Crippen MR) is 165 cm³/mol. The molecule has 0 radical (unpaired) electrons. The van der Waals surface area contributed by atoms with E-state index in [0.29, 0.717) is 11.8 Å². The number of hydrogen-bond acceptors (Lipinski definition) is 7. The summed E-state index contributed by atoms with van der Waals surface area (Å²) >= 11 is 0. The minimum Gasteiger partial charge on any atom is -0.358 e. The molecular formula is C32H38N6O5. The Balaban J connectivity index is 0.000000132. The maximum Gasteiger partial charge on any atom is 0.270 e. The zero-order chi connectivity index (χ0) is 29.9. The lowest BCUT2D eigenvalue weighted by Gasteiger charge is -2.32. The summed E-state index contributed by atoms with van der Waals surface area (Å²) in [4.78, 5) is 40.6. The number of nitro groups is 2. The zero-order valence-corrected chi connectivity index (χ0v) is 24.3. The number of nitrogens with one attached hydrogen (secondary N) is 3. The Morgan fingerprint density at radius 2 is 1.33 bits per heavy atom. The minimum atomic E-state index is -0.352. The number of benzene rings is 2. The lowest BCUT2D eigenvalue weighted by molar-refractivity contribution is -0.384. The van der Waals surface area contributed by atoms with Gasteiger partial charge in [0.25, 0.3) is 11.4 Å². The first-order valence-electron chi connectivity index (χ1n) is 15.4. The molecule has 226 valence electrons. The van der Waals surface area contributed by atoms with Crippen LogP contribution in [-0.4, -0.2) is 49.6 Å². The van der Waals surface area contributed by atoms with E-state index in [2.05, 4.69) is 20.2 Å². The summed E-state index contributed by atoms with van der Waals surface area (Å²) in [6.45, 7) is 3.78. The van der Waals surface area contributed by atoms with Crippen LogP contribution in [0.3, 0.4) is 0 Å². The second kappa shape index (κ2) is 12.6. The van der Waals surface area contributed by atoms with E-state index in [9.17, 15) is 25.0 Å². The highest BCUT2D eigenvalue weighted by atomic mass is 16.6. The monoisotopic (exact) mass is 586 g/mol. The van der Waals surface area contributed by atoms with Gasteiger partial charge in [0.15, 0.2) is 0 Å². The average molecular weight is 587 g/mol. The Morgan fingerprint density at radius 3 is 1.88 bits per heavy atom. The molecular weight excluding hydrogens is 548 g/mol.